The van der Waals surface area contributed by atoms with Crippen molar-refractivity contribution in [2.45, 2.75) is 38.5 Å². The lowest BCUT2D eigenvalue weighted by Gasteiger charge is -2.31. The molecular formula is C28H29ClFN9O. The third-order valence-corrected chi connectivity index (χ3v) is 7.71. The average molecular weight is 562 g/mol. The summed E-state index contributed by atoms with van der Waals surface area (Å²) in [5.41, 5.74) is 3.60. The maximum absolute atomic E-state index is 13.2. The Morgan fingerprint density at radius 2 is 1.93 bits per heavy atom. The van der Waals surface area contributed by atoms with Gasteiger partial charge in [0.25, 0.3) is 0 Å². The van der Waals surface area contributed by atoms with Gasteiger partial charge in [-0.05, 0) is 61.8 Å². The molecule has 1 fully saturated rings. The molecule has 0 radical (unpaired) electrons. The van der Waals surface area contributed by atoms with Crippen molar-refractivity contribution in [2.24, 2.45) is 16.8 Å². The molecule has 1 amide bonds. The molecule has 3 aliphatic rings. The molecule has 1 saturated heterocycles. The van der Waals surface area contributed by atoms with Crippen LogP contribution in [0.2, 0.25) is 5.02 Å². The SMILES string of the molecule is O=C(CC1CCN(c2ncc(F)cn2)CC1)Nc1ccc2cc1CCC1C=NC=C(C1)Nc1ncc(Cl)c(n1)N2. The van der Waals surface area contributed by atoms with Crippen LogP contribution in [0.1, 0.15) is 37.7 Å². The predicted octanol–water partition coefficient (Wildman–Crippen LogP) is 5.34. The molecule has 2 aromatic heterocycles. The van der Waals surface area contributed by atoms with Crippen LogP contribution in [0.4, 0.5) is 33.5 Å². The number of allylic oxidation sites excluding steroid dienone is 1. The van der Waals surface area contributed by atoms with Crippen LogP contribution in [0.5, 0.6) is 0 Å². The molecule has 5 heterocycles. The summed E-state index contributed by atoms with van der Waals surface area (Å²) in [7, 11) is 0. The van der Waals surface area contributed by atoms with E-state index in [4.69, 9.17) is 11.6 Å². The van der Waals surface area contributed by atoms with Gasteiger partial charge in [0.05, 0.1) is 18.6 Å². The molecule has 206 valence electrons. The van der Waals surface area contributed by atoms with E-state index in [9.17, 15) is 9.18 Å². The highest BCUT2D eigenvalue weighted by Gasteiger charge is 2.24. The maximum atomic E-state index is 13.2. The predicted molar refractivity (Wildman–Crippen MR) is 154 cm³/mol. The van der Waals surface area contributed by atoms with Crippen molar-refractivity contribution >= 4 is 52.8 Å². The molecule has 40 heavy (non-hydrogen) atoms. The van der Waals surface area contributed by atoms with Gasteiger partial charge in [-0.25, -0.2) is 19.3 Å². The Labute approximate surface area is 236 Å². The van der Waals surface area contributed by atoms with Crippen LogP contribution in [-0.4, -0.2) is 45.1 Å². The zero-order valence-electron chi connectivity index (χ0n) is 21.8. The lowest BCUT2D eigenvalue weighted by molar-refractivity contribution is -0.117. The van der Waals surface area contributed by atoms with E-state index in [0.29, 0.717) is 29.2 Å². The van der Waals surface area contributed by atoms with Crippen LogP contribution < -0.4 is 20.9 Å². The van der Waals surface area contributed by atoms with E-state index in [2.05, 4.69) is 40.9 Å². The van der Waals surface area contributed by atoms with Crippen molar-refractivity contribution in [3.05, 3.63) is 65.1 Å². The Morgan fingerprint density at radius 1 is 1.10 bits per heavy atom. The first-order valence-electron chi connectivity index (χ1n) is 13.4. The van der Waals surface area contributed by atoms with E-state index in [-0.39, 0.29) is 17.7 Å². The van der Waals surface area contributed by atoms with Crippen LogP contribution in [-0.2, 0) is 11.2 Å². The molecular weight excluding hydrogens is 533 g/mol. The lowest BCUT2D eigenvalue weighted by atomic mass is 9.92. The van der Waals surface area contributed by atoms with Crippen molar-refractivity contribution in [3.8, 4) is 0 Å². The third kappa shape index (κ3) is 6.20. The second kappa shape index (κ2) is 11.5. The van der Waals surface area contributed by atoms with E-state index in [1.54, 1.807) is 12.4 Å². The fourth-order valence-electron chi connectivity index (χ4n) is 5.31. The molecule has 0 saturated carbocycles. The summed E-state index contributed by atoms with van der Waals surface area (Å²) in [6.07, 6.45) is 12.3. The molecule has 0 aliphatic carbocycles. The number of carbonyl (C=O) groups excluding carboxylic acids is 1. The van der Waals surface area contributed by atoms with Crippen molar-refractivity contribution in [3.63, 3.8) is 0 Å². The van der Waals surface area contributed by atoms with E-state index in [1.165, 1.54) is 12.4 Å². The molecule has 6 rings (SSSR count). The van der Waals surface area contributed by atoms with Gasteiger partial charge in [0.1, 0.15) is 5.02 Å². The summed E-state index contributed by atoms with van der Waals surface area (Å²) in [5, 5.41) is 10.1. The summed E-state index contributed by atoms with van der Waals surface area (Å²) in [6.45, 7) is 1.47. The van der Waals surface area contributed by atoms with Gasteiger partial charge in [0.2, 0.25) is 17.8 Å². The molecule has 1 atom stereocenters. The monoisotopic (exact) mass is 561 g/mol. The first-order chi connectivity index (χ1) is 19.5. The van der Waals surface area contributed by atoms with Gasteiger partial charge in [-0.1, -0.05) is 11.6 Å². The molecule has 6 bridgehead atoms. The number of nitrogens with one attached hydrogen (secondary N) is 3. The number of hydrogen-bond donors (Lipinski definition) is 3. The van der Waals surface area contributed by atoms with E-state index in [1.807, 2.05) is 29.3 Å². The number of carbonyl (C=O) groups is 1. The molecule has 3 N–H and O–H groups in total. The Morgan fingerprint density at radius 3 is 2.75 bits per heavy atom. The Balaban J connectivity index is 1.14. The number of fused-ring (bicyclic) bond motifs is 6. The Hall–Kier alpha value is -4.12. The second-order valence-corrected chi connectivity index (χ2v) is 10.8. The minimum absolute atomic E-state index is 0.00603. The first-order valence-corrected chi connectivity index (χ1v) is 13.8. The van der Waals surface area contributed by atoms with Gasteiger partial charge >= 0.3 is 0 Å². The summed E-state index contributed by atoms with van der Waals surface area (Å²) in [6, 6.07) is 5.88. The molecule has 1 aromatic carbocycles. The fraction of sp³-hybridized carbons (Fsp3) is 0.357. The molecule has 3 aromatic rings. The van der Waals surface area contributed by atoms with Gasteiger partial charge < -0.3 is 20.9 Å². The highest BCUT2D eigenvalue weighted by atomic mass is 35.5. The zero-order valence-corrected chi connectivity index (χ0v) is 22.5. The van der Waals surface area contributed by atoms with Crippen molar-refractivity contribution in [2.75, 3.05) is 33.9 Å². The van der Waals surface area contributed by atoms with Crippen molar-refractivity contribution in [1.29, 1.82) is 0 Å². The smallest absolute Gasteiger partial charge is 0.229 e. The number of anilines is 5. The third-order valence-electron chi connectivity index (χ3n) is 7.43. The van der Waals surface area contributed by atoms with Gasteiger partial charge in [-0.2, -0.15) is 4.98 Å². The quantitative estimate of drug-likeness (QED) is 0.390. The number of halogens is 2. The standard InChI is InChI=1S/C28H29ClFN9O/c29-23-16-32-27-36-22-9-18(12-31-15-22)1-2-19-11-21(35-26(23)38-27)3-4-24(19)37-25(40)10-17-5-7-39(8-6-17)28-33-13-20(30)14-34-28/h3-4,11-18H,1-2,5-10H2,(H,37,40)(H2,32,35,36,38). The van der Waals surface area contributed by atoms with Crippen LogP contribution in [0, 0.1) is 17.7 Å². The number of rotatable bonds is 4. The summed E-state index contributed by atoms with van der Waals surface area (Å²) in [4.78, 5) is 36.6. The number of aliphatic imine (C=N–C) groups is 1. The topological polar surface area (TPSA) is 120 Å². The molecule has 0 spiro atoms. The van der Waals surface area contributed by atoms with Crippen LogP contribution in [0.15, 0.2) is 53.7 Å². The summed E-state index contributed by atoms with van der Waals surface area (Å²) in [5.74, 6) is 1.52. The van der Waals surface area contributed by atoms with Crippen LogP contribution in [0.25, 0.3) is 0 Å². The Bertz CT molecular complexity index is 1450. The largest absolute Gasteiger partial charge is 0.341 e. The number of aromatic nitrogens is 4. The van der Waals surface area contributed by atoms with Gasteiger partial charge in [-0.15, -0.1) is 0 Å². The van der Waals surface area contributed by atoms with Crippen molar-refractivity contribution in [1.82, 2.24) is 19.9 Å². The zero-order chi connectivity index (χ0) is 27.5. The number of piperidine rings is 1. The van der Waals surface area contributed by atoms with E-state index < -0.39 is 5.82 Å². The second-order valence-electron chi connectivity index (χ2n) is 10.4. The summed E-state index contributed by atoms with van der Waals surface area (Å²) < 4.78 is 13.2. The van der Waals surface area contributed by atoms with Crippen LogP contribution in [0.3, 0.4) is 0 Å². The highest BCUT2D eigenvalue weighted by molar-refractivity contribution is 6.32. The molecule has 1 unspecified atom stereocenters. The van der Waals surface area contributed by atoms with Gasteiger partial charge in [0.15, 0.2) is 11.6 Å². The normalized spacial score (nSPS) is 18.8. The first kappa shape index (κ1) is 26.1. The number of hydrogen-bond acceptors (Lipinski definition) is 9. The van der Waals surface area contributed by atoms with Crippen LogP contribution >= 0.6 is 11.6 Å². The highest BCUT2D eigenvalue weighted by Crippen LogP contribution is 2.31. The fourth-order valence-corrected chi connectivity index (χ4v) is 5.45. The maximum Gasteiger partial charge on any atom is 0.229 e. The average Bonchev–Trinajstić information content (AvgIpc) is 2.96. The number of aryl methyl sites for hydroxylation is 1. The summed E-state index contributed by atoms with van der Waals surface area (Å²) >= 11 is 6.38. The Kier molecular flexibility index (Phi) is 7.54. The minimum atomic E-state index is -0.449. The number of nitrogens with zero attached hydrogens (tertiary/aromatic N) is 6. The van der Waals surface area contributed by atoms with Gasteiger partial charge in [0, 0.05) is 54.9 Å². The van der Waals surface area contributed by atoms with E-state index in [0.717, 1.165) is 67.8 Å². The minimum Gasteiger partial charge on any atom is -0.341 e. The number of benzene rings is 1. The number of amides is 1. The lowest BCUT2D eigenvalue weighted by Crippen LogP contribution is -2.36. The molecule has 12 heteroatoms. The molecule has 10 nitrogen and oxygen atoms in total. The van der Waals surface area contributed by atoms with Crippen molar-refractivity contribution < 1.29 is 9.18 Å². The van der Waals surface area contributed by atoms with E-state index >= 15 is 0 Å². The van der Waals surface area contributed by atoms with Gasteiger partial charge in [-0.3, -0.25) is 9.79 Å². The molecule has 3 aliphatic heterocycles.